The smallest absolute Gasteiger partial charge is 0.270 e. The first kappa shape index (κ1) is 20.8. The molecule has 0 atom stereocenters. The maximum Gasteiger partial charge on any atom is 0.270 e. The van der Waals surface area contributed by atoms with E-state index in [-0.39, 0.29) is 17.3 Å². The molecule has 0 saturated carbocycles. The minimum Gasteiger partial charge on any atom is -0.493 e. The van der Waals surface area contributed by atoms with Crippen LogP contribution < -0.4 is 10.3 Å². The topological polar surface area (TPSA) is 129 Å². The van der Waals surface area contributed by atoms with Crippen molar-refractivity contribution in [3.05, 3.63) is 79.7 Å². The molecule has 0 aliphatic carbocycles. The lowest BCUT2D eigenvalue weighted by molar-refractivity contribution is -0.384. The number of nitrogens with one attached hydrogen (secondary N) is 1. The number of ether oxygens (including phenoxy) is 1. The van der Waals surface area contributed by atoms with Gasteiger partial charge in [-0.05, 0) is 24.3 Å². The molecule has 0 aliphatic rings. The number of hydrogen-bond acceptors (Lipinski definition) is 8. The number of nitro groups is 1. The SMILES string of the molecule is O=c1[nH]c(SCCOc2ccc([N+](=O)[O-])cc2)nc(Cn2nnc3ccccc32)c1Cl. The highest BCUT2D eigenvalue weighted by atomic mass is 35.5. The van der Waals surface area contributed by atoms with Crippen LogP contribution in [0.25, 0.3) is 11.0 Å². The predicted octanol–water partition coefficient (Wildman–Crippen LogP) is 3.30. The van der Waals surface area contributed by atoms with Crippen molar-refractivity contribution < 1.29 is 9.66 Å². The molecule has 2 aromatic carbocycles. The summed E-state index contributed by atoms with van der Waals surface area (Å²) in [4.78, 5) is 29.5. The summed E-state index contributed by atoms with van der Waals surface area (Å²) in [6.45, 7) is 0.522. The van der Waals surface area contributed by atoms with E-state index in [0.717, 1.165) is 11.0 Å². The second-order valence-corrected chi connectivity index (χ2v) is 7.78. The molecule has 4 aromatic rings. The number of hydrogen-bond donors (Lipinski definition) is 1. The van der Waals surface area contributed by atoms with Crippen LogP contribution in [0.5, 0.6) is 5.75 Å². The minimum absolute atomic E-state index is 0.00245. The zero-order chi connectivity index (χ0) is 21.8. The molecule has 158 valence electrons. The second kappa shape index (κ2) is 9.14. The van der Waals surface area contributed by atoms with Crippen molar-refractivity contribution in [2.75, 3.05) is 12.4 Å². The first-order valence-corrected chi connectivity index (χ1v) is 10.4. The first-order chi connectivity index (χ1) is 15.0. The lowest BCUT2D eigenvalue weighted by Crippen LogP contribution is -2.16. The first-order valence-electron chi connectivity index (χ1n) is 9.08. The van der Waals surface area contributed by atoms with Crippen molar-refractivity contribution in [1.29, 1.82) is 0 Å². The van der Waals surface area contributed by atoms with Crippen LogP contribution >= 0.6 is 23.4 Å². The Kier molecular flexibility index (Phi) is 6.14. The summed E-state index contributed by atoms with van der Waals surface area (Å²) in [7, 11) is 0. The van der Waals surface area contributed by atoms with Gasteiger partial charge in [0.25, 0.3) is 11.2 Å². The third kappa shape index (κ3) is 4.84. The van der Waals surface area contributed by atoms with Gasteiger partial charge in [-0.25, -0.2) is 9.67 Å². The van der Waals surface area contributed by atoms with Gasteiger partial charge >= 0.3 is 0 Å². The van der Waals surface area contributed by atoms with E-state index in [1.54, 1.807) is 4.68 Å². The molecular weight excluding hydrogens is 444 g/mol. The Morgan fingerprint density at radius 2 is 1.97 bits per heavy atom. The number of halogens is 1. The zero-order valence-corrected chi connectivity index (χ0v) is 17.5. The number of thioether (sulfide) groups is 1. The number of H-pyrrole nitrogens is 1. The average molecular weight is 459 g/mol. The van der Waals surface area contributed by atoms with Crippen molar-refractivity contribution in [3.63, 3.8) is 0 Å². The largest absolute Gasteiger partial charge is 0.493 e. The Labute approximate surface area is 184 Å². The van der Waals surface area contributed by atoms with Gasteiger partial charge in [0.05, 0.1) is 29.3 Å². The maximum atomic E-state index is 12.2. The molecule has 0 radical (unpaired) electrons. The Bertz CT molecular complexity index is 1290. The van der Waals surface area contributed by atoms with E-state index in [9.17, 15) is 14.9 Å². The standard InChI is InChI=1S/C19H15ClN6O4S/c20-17-15(11-25-16-4-2-1-3-14(16)23-24-25)21-19(22-18(17)27)31-10-9-30-13-7-5-12(6-8-13)26(28)29/h1-8H,9-11H2,(H,21,22,27). The number of nitrogens with zero attached hydrogens (tertiary/aromatic N) is 5. The van der Waals surface area contributed by atoms with Crippen molar-refractivity contribution in [1.82, 2.24) is 25.0 Å². The third-order valence-electron chi connectivity index (χ3n) is 4.27. The summed E-state index contributed by atoms with van der Waals surface area (Å²) in [6.07, 6.45) is 0. The number of aromatic nitrogens is 5. The highest BCUT2D eigenvalue weighted by Crippen LogP contribution is 2.20. The summed E-state index contributed by atoms with van der Waals surface area (Å²) in [5, 5.41) is 19.3. The molecule has 0 bridgehead atoms. The van der Waals surface area contributed by atoms with Crippen LogP contribution in [-0.2, 0) is 6.54 Å². The van der Waals surface area contributed by atoms with Gasteiger partial charge in [-0.15, -0.1) is 5.10 Å². The molecular formula is C19H15ClN6O4S. The van der Waals surface area contributed by atoms with Crippen LogP contribution in [0.3, 0.4) is 0 Å². The zero-order valence-electron chi connectivity index (χ0n) is 15.9. The fraction of sp³-hybridized carbons (Fsp3) is 0.158. The van der Waals surface area contributed by atoms with Gasteiger partial charge in [-0.3, -0.25) is 14.9 Å². The molecule has 2 aromatic heterocycles. The Balaban J connectivity index is 1.40. The van der Waals surface area contributed by atoms with E-state index in [1.165, 1.54) is 36.0 Å². The van der Waals surface area contributed by atoms with Crippen molar-refractivity contribution in [3.8, 4) is 5.75 Å². The summed E-state index contributed by atoms with van der Waals surface area (Å²) >= 11 is 7.46. The lowest BCUT2D eigenvalue weighted by atomic mass is 10.3. The molecule has 10 nitrogen and oxygen atoms in total. The van der Waals surface area contributed by atoms with Crippen LogP contribution in [0.1, 0.15) is 5.69 Å². The van der Waals surface area contributed by atoms with Crippen molar-refractivity contribution >= 4 is 40.1 Å². The lowest BCUT2D eigenvalue weighted by Gasteiger charge is -2.08. The van der Waals surface area contributed by atoms with Gasteiger partial charge in [0.15, 0.2) is 5.16 Å². The van der Waals surface area contributed by atoms with Crippen LogP contribution in [0.2, 0.25) is 5.02 Å². The van der Waals surface area contributed by atoms with E-state index < -0.39 is 10.5 Å². The van der Waals surface area contributed by atoms with Crippen LogP contribution in [0, 0.1) is 10.1 Å². The van der Waals surface area contributed by atoms with E-state index in [1.807, 2.05) is 24.3 Å². The highest BCUT2D eigenvalue weighted by molar-refractivity contribution is 7.99. The number of para-hydroxylation sites is 1. The molecule has 0 amide bonds. The average Bonchev–Trinajstić information content (AvgIpc) is 3.18. The van der Waals surface area contributed by atoms with E-state index >= 15 is 0 Å². The third-order valence-corrected chi connectivity index (χ3v) is 5.50. The van der Waals surface area contributed by atoms with Gasteiger partial charge in [-0.2, -0.15) is 0 Å². The van der Waals surface area contributed by atoms with Gasteiger partial charge in [0.1, 0.15) is 16.3 Å². The number of benzene rings is 2. The number of non-ortho nitro benzene ring substituents is 1. The van der Waals surface area contributed by atoms with Gasteiger partial charge in [-0.1, -0.05) is 40.7 Å². The molecule has 12 heteroatoms. The molecule has 0 fully saturated rings. The van der Waals surface area contributed by atoms with E-state index in [4.69, 9.17) is 16.3 Å². The van der Waals surface area contributed by atoms with Gasteiger partial charge in [0, 0.05) is 17.9 Å². The number of rotatable bonds is 8. The van der Waals surface area contributed by atoms with Crippen molar-refractivity contribution in [2.45, 2.75) is 11.7 Å². The van der Waals surface area contributed by atoms with Crippen LogP contribution in [0.15, 0.2) is 58.5 Å². The van der Waals surface area contributed by atoms with Crippen LogP contribution in [0.4, 0.5) is 5.69 Å². The van der Waals surface area contributed by atoms with E-state index in [0.29, 0.717) is 29.0 Å². The Hall–Kier alpha value is -3.44. The van der Waals surface area contributed by atoms with Crippen molar-refractivity contribution in [2.24, 2.45) is 0 Å². The molecule has 31 heavy (non-hydrogen) atoms. The normalized spacial score (nSPS) is 11.0. The summed E-state index contributed by atoms with van der Waals surface area (Å²) in [5.74, 6) is 1.01. The molecule has 1 N–H and O–H groups in total. The molecule has 0 unspecified atom stereocenters. The number of aromatic amines is 1. The van der Waals surface area contributed by atoms with Gasteiger partial charge in [0.2, 0.25) is 0 Å². The summed E-state index contributed by atoms with van der Waals surface area (Å²) in [5.41, 5.74) is 1.50. The summed E-state index contributed by atoms with van der Waals surface area (Å²) < 4.78 is 7.20. The molecule has 0 aliphatic heterocycles. The predicted molar refractivity (Wildman–Crippen MR) is 116 cm³/mol. The molecule has 4 rings (SSSR count). The number of fused-ring (bicyclic) bond motifs is 1. The monoisotopic (exact) mass is 458 g/mol. The number of nitro benzene ring substituents is 1. The Morgan fingerprint density at radius 1 is 1.19 bits per heavy atom. The van der Waals surface area contributed by atoms with Gasteiger partial charge < -0.3 is 9.72 Å². The Morgan fingerprint density at radius 3 is 2.74 bits per heavy atom. The highest BCUT2D eigenvalue weighted by Gasteiger charge is 2.13. The summed E-state index contributed by atoms with van der Waals surface area (Å²) in [6, 6.07) is 13.3. The fourth-order valence-electron chi connectivity index (χ4n) is 2.79. The fourth-order valence-corrected chi connectivity index (χ4v) is 3.64. The van der Waals surface area contributed by atoms with E-state index in [2.05, 4.69) is 20.3 Å². The minimum atomic E-state index is -0.470. The molecule has 0 spiro atoms. The molecule has 2 heterocycles. The molecule has 0 saturated heterocycles. The quantitative estimate of drug-likeness (QED) is 0.140. The van der Waals surface area contributed by atoms with Crippen LogP contribution in [-0.4, -0.2) is 42.2 Å². The second-order valence-electron chi connectivity index (χ2n) is 6.32. The maximum absolute atomic E-state index is 12.2.